The summed E-state index contributed by atoms with van der Waals surface area (Å²) in [4.78, 5) is 2.70. The van der Waals surface area contributed by atoms with Gasteiger partial charge in [-0.3, -0.25) is 4.90 Å². The summed E-state index contributed by atoms with van der Waals surface area (Å²) in [6.45, 7) is 7.92. The van der Waals surface area contributed by atoms with Crippen molar-refractivity contribution in [3.63, 3.8) is 0 Å². The lowest BCUT2D eigenvalue weighted by atomic mass is 9.94. The number of nitrogens with two attached hydrogens (primary N) is 1. The molecule has 0 aromatic carbocycles. The molecule has 2 heteroatoms. The largest absolute Gasteiger partial charge is 0.329 e. The van der Waals surface area contributed by atoms with Gasteiger partial charge in [0.05, 0.1) is 0 Å². The third-order valence-corrected chi connectivity index (χ3v) is 4.11. The zero-order valence-electron chi connectivity index (χ0n) is 11.3. The summed E-state index contributed by atoms with van der Waals surface area (Å²) in [5.74, 6) is 0. The van der Waals surface area contributed by atoms with Crippen LogP contribution in [0.2, 0.25) is 0 Å². The van der Waals surface area contributed by atoms with E-state index in [2.05, 4.69) is 18.7 Å². The van der Waals surface area contributed by atoms with Crippen molar-refractivity contribution in [3.05, 3.63) is 0 Å². The molecule has 1 saturated carbocycles. The number of nitrogens with zero attached hydrogens (tertiary/aromatic N) is 1. The second kappa shape index (κ2) is 7.29. The van der Waals surface area contributed by atoms with Crippen molar-refractivity contribution in [1.29, 1.82) is 0 Å². The van der Waals surface area contributed by atoms with E-state index in [1.165, 1.54) is 64.5 Å². The van der Waals surface area contributed by atoms with Crippen LogP contribution in [-0.4, -0.2) is 30.1 Å². The molecule has 0 atom stereocenters. The van der Waals surface area contributed by atoms with Crippen LogP contribution in [0.15, 0.2) is 0 Å². The fraction of sp³-hybridized carbons (Fsp3) is 1.00. The summed E-state index contributed by atoms with van der Waals surface area (Å²) in [5.41, 5.74) is 6.43. The Morgan fingerprint density at radius 3 is 2.19 bits per heavy atom. The van der Waals surface area contributed by atoms with Crippen LogP contribution in [0.3, 0.4) is 0 Å². The van der Waals surface area contributed by atoms with Crippen LogP contribution in [0.5, 0.6) is 0 Å². The number of hydrogen-bond donors (Lipinski definition) is 1. The van der Waals surface area contributed by atoms with E-state index in [0.29, 0.717) is 5.54 Å². The predicted molar refractivity (Wildman–Crippen MR) is 71.6 cm³/mol. The second-order valence-electron chi connectivity index (χ2n) is 5.33. The first kappa shape index (κ1) is 14.0. The molecule has 0 saturated heterocycles. The molecule has 1 aliphatic rings. The van der Waals surface area contributed by atoms with Crippen molar-refractivity contribution in [3.8, 4) is 0 Å². The molecular weight excluding hydrogens is 196 g/mol. The highest BCUT2D eigenvalue weighted by Crippen LogP contribution is 2.34. The van der Waals surface area contributed by atoms with E-state index in [1.54, 1.807) is 0 Å². The van der Waals surface area contributed by atoms with Gasteiger partial charge in [0.2, 0.25) is 0 Å². The van der Waals surface area contributed by atoms with Crippen molar-refractivity contribution < 1.29 is 0 Å². The Hall–Kier alpha value is -0.0800. The average Bonchev–Trinajstić information content (AvgIpc) is 2.78. The lowest BCUT2D eigenvalue weighted by Gasteiger charge is -2.41. The Kier molecular flexibility index (Phi) is 6.37. The van der Waals surface area contributed by atoms with Crippen molar-refractivity contribution in [2.24, 2.45) is 5.73 Å². The van der Waals surface area contributed by atoms with E-state index in [0.717, 1.165) is 6.54 Å². The third kappa shape index (κ3) is 3.46. The molecule has 1 rings (SSSR count). The topological polar surface area (TPSA) is 29.3 Å². The van der Waals surface area contributed by atoms with Crippen molar-refractivity contribution in [1.82, 2.24) is 4.90 Å². The first-order chi connectivity index (χ1) is 7.79. The van der Waals surface area contributed by atoms with Crippen LogP contribution in [-0.2, 0) is 0 Å². The van der Waals surface area contributed by atoms with Crippen LogP contribution in [0.4, 0.5) is 0 Å². The maximum absolute atomic E-state index is 6.06. The van der Waals surface area contributed by atoms with Crippen molar-refractivity contribution in [2.45, 2.75) is 70.8 Å². The molecule has 0 amide bonds. The van der Waals surface area contributed by atoms with Crippen LogP contribution in [0.25, 0.3) is 0 Å². The molecule has 1 fully saturated rings. The molecule has 2 nitrogen and oxygen atoms in total. The molecule has 0 bridgehead atoms. The van der Waals surface area contributed by atoms with Crippen molar-refractivity contribution in [2.75, 3.05) is 19.6 Å². The summed E-state index contributed by atoms with van der Waals surface area (Å²) in [7, 11) is 0. The van der Waals surface area contributed by atoms with Gasteiger partial charge in [-0.25, -0.2) is 0 Å². The second-order valence-corrected chi connectivity index (χ2v) is 5.33. The normalized spacial score (nSPS) is 19.5. The summed E-state index contributed by atoms with van der Waals surface area (Å²) in [5, 5.41) is 0. The molecule has 1 aliphatic carbocycles. The van der Waals surface area contributed by atoms with E-state index in [9.17, 15) is 0 Å². The van der Waals surface area contributed by atoms with Gasteiger partial charge in [-0.15, -0.1) is 0 Å². The SMILES string of the molecule is CCCCCN(CCC)C1(CN)CCCC1. The molecule has 0 aromatic heterocycles. The lowest BCUT2D eigenvalue weighted by molar-refractivity contribution is 0.0964. The Balaban J connectivity index is 2.51. The van der Waals surface area contributed by atoms with Gasteiger partial charge in [-0.2, -0.15) is 0 Å². The molecule has 0 spiro atoms. The predicted octanol–water partition coefficient (Wildman–Crippen LogP) is 3.16. The zero-order chi connectivity index (χ0) is 11.9. The van der Waals surface area contributed by atoms with Gasteiger partial charge >= 0.3 is 0 Å². The van der Waals surface area contributed by atoms with Gasteiger partial charge < -0.3 is 5.73 Å². The van der Waals surface area contributed by atoms with E-state index in [4.69, 9.17) is 5.73 Å². The smallest absolute Gasteiger partial charge is 0.0331 e. The van der Waals surface area contributed by atoms with E-state index in [1.807, 2.05) is 0 Å². The standard InChI is InChI=1S/C14H30N2/c1-3-5-8-12-16(11-4-2)14(13-15)9-6-7-10-14/h3-13,15H2,1-2H3. The van der Waals surface area contributed by atoms with E-state index < -0.39 is 0 Å². The highest BCUT2D eigenvalue weighted by molar-refractivity contribution is 4.95. The maximum Gasteiger partial charge on any atom is 0.0331 e. The summed E-state index contributed by atoms with van der Waals surface area (Å²) in [6, 6.07) is 0. The van der Waals surface area contributed by atoms with Gasteiger partial charge in [0.1, 0.15) is 0 Å². The third-order valence-electron chi connectivity index (χ3n) is 4.11. The van der Waals surface area contributed by atoms with Gasteiger partial charge in [0.15, 0.2) is 0 Å². The van der Waals surface area contributed by atoms with Crippen LogP contribution in [0, 0.1) is 0 Å². The summed E-state index contributed by atoms with van der Waals surface area (Å²) in [6.07, 6.45) is 10.7. The Morgan fingerprint density at radius 1 is 1.00 bits per heavy atom. The molecule has 0 aromatic rings. The molecule has 0 radical (unpaired) electrons. The van der Waals surface area contributed by atoms with Gasteiger partial charge in [0, 0.05) is 12.1 Å². The summed E-state index contributed by atoms with van der Waals surface area (Å²) >= 11 is 0. The highest BCUT2D eigenvalue weighted by Gasteiger charge is 2.37. The average molecular weight is 226 g/mol. The highest BCUT2D eigenvalue weighted by atomic mass is 15.2. The first-order valence-electron chi connectivity index (χ1n) is 7.24. The Bertz CT molecular complexity index is 174. The van der Waals surface area contributed by atoms with Crippen LogP contribution < -0.4 is 5.73 Å². The van der Waals surface area contributed by atoms with Crippen molar-refractivity contribution >= 4 is 0 Å². The quantitative estimate of drug-likeness (QED) is 0.644. The molecule has 0 aliphatic heterocycles. The van der Waals surface area contributed by atoms with Crippen LogP contribution >= 0.6 is 0 Å². The number of rotatable bonds is 8. The Morgan fingerprint density at radius 2 is 1.69 bits per heavy atom. The minimum absolute atomic E-state index is 0.365. The monoisotopic (exact) mass is 226 g/mol. The fourth-order valence-corrected chi connectivity index (χ4v) is 3.09. The minimum atomic E-state index is 0.365. The molecule has 0 unspecified atom stereocenters. The van der Waals surface area contributed by atoms with Gasteiger partial charge in [0.25, 0.3) is 0 Å². The zero-order valence-corrected chi connectivity index (χ0v) is 11.3. The Labute approximate surface area is 102 Å². The van der Waals surface area contributed by atoms with E-state index in [-0.39, 0.29) is 0 Å². The molecule has 16 heavy (non-hydrogen) atoms. The molecule has 2 N–H and O–H groups in total. The molecular formula is C14H30N2. The minimum Gasteiger partial charge on any atom is -0.329 e. The van der Waals surface area contributed by atoms with Crippen LogP contribution in [0.1, 0.15) is 65.2 Å². The fourth-order valence-electron chi connectivity index (χ4n) is 3.09. The number of unbranched alkanes of at least 4 members (excludes halogenated alkanes) is 2. The summed E-state index contributed by atoms with van der Waals surface area (Å²) < 4.78 is 0. The lowest BCUT2D eigenvalue weighted by Crippen LogP contribution is -2.52. The number of hydrogen-bond acceptors (Lipinski definition) is 2. The maximum atomic E-state index is 6.06. The van der Waals surface area contributed by atoms with E-state index >= 15 is 0 Å². The first-order valence-corrected chi connectivity index (χ1v) is 7.24. The van der Waals surface area contributed by atoms with Gasteiger partial charge in [-0.05, 0) is 38.8 Å². The van der Waals surface area contributed by atoms with Gasteiger partial charge in [-0.1, -0.05) is 39.5 Å². The molecule has 0 heterocycles. The molecule has 96 valence electrons.